The fraction of sp³-hybridized carbons (Fsp3) is 0.214. The van der Waals surface area contributed by atoms with Crippen LogP contribution >= 0.6 is 0 Å². The van der Waals surface area contributed by atoms with Crippen molar-refractivity contribution in [2.75, 3.05) is 11.4 Å². The molecule has 12 heteroatoms. The summed E-state index contributed by atoms with van der Waals surface area (Å²) in [5.41, 5.74) is 0.233. The number of nitrogens with zero attached hydrogens (tertiary/aromatic N) is 4. The minimum atomic E-state index is -4.67. The molecule has 0 fully saturated rings. The predicted molar refractivity (Wildman–Crippen MR) is 136 cm³/mol. The van der Waals surface area contributed by atoms with Gasteiger partial charge in [-0.05, 0) is 48.9 Å². The van der Waals surface area contributed by atoms with Gasteiger partial charge in [0.1, 0.15) is 11.9 Å². The fourth-order valence-corrected chi connectivity index (χ4v) is 4.93. The van der Waals surface area contributed by atoms with Crippen LogP contribution in [0.25, 0.3) is 5.69 Å². The van der Waals surface area contributed by atoms with Gasteiger partial charge in [0, 0.05) is 29.8 Å². The molecule has 5 rings (SSSR count). The Bertz CT molecular complexity index is 1550. The molecule has 8 nitrogen and oxygen atoms in total. The molecule has 0 aliphatic carbocycles. The fourth-order valence-electron chi connectivity index (χ4n) is 4.93. The summed E-state index contributed by atoms with van der Waals surface area (Å²) in [5, 5.41) is 17.4. The van der Waals surface area contributed by atoms with Crippen LogP contribution in [-0.4, -0.2) is 44.3 Å². The summed E-state index contributed by atoms with van der Waals surface area (Å²) in [6.07, 6.45) is -3.46. The molecule has 0 bridgehead atoms. The molecular formula is C28H23F4N5O3. The van der Waals surface area contributed by atoms with Gasteiger partial charge in [0.05, 0.1) is 23.6 Å². The molecule has 1 aliphatic heterocycles. The highest BCUT2D eigenvalue weighted by Gasteiger charge is 2.46. The zero-order chi connectivity index (χ0) is 28.6. The number of amides is 2. The smallest absolute Gasteiger partial charge is 0.390 e. The number of benzene rings is 2. The van der Waals surface area contributed by atoms with E-state index in [4.69, 9.17) is 0 Å². The molecule has 4 aromatic rings. The minimum absolute atomic E-state index is 0.152. The van der Waals surface area contributed by atoms with Crippen molar-refractivity contribution in [2.24, 2.45) is 0 Å². The normalized spacial score (nSPS) is 17.1. The monoisotopic (exact) mass is 553 g/mol. The number of rotatable bonds is 6. The number of carbonyl (C=O) groups excluding carboxylic acids is 2. The van der Waals surface area contributed by atoms with Crippen LogP contribution in [0.5, 0.6) is 0 Å². The van der Waals surface area contributed by atoms with E-state index in [0.717, 1.165) is 18.2 Å². The highest BCUT2D eigenvalue weighted by atomic mass is 19.4. The number of likely N-dealkylation sites (N-methyl/N-ethyl adjacent to an activating group) is 1. The minimum Gasteiger partial charge on any atom is -0.390 e. The number of hydrogen-bond acceptors (Lipinski definition) is 5. The van der Waals surface area contributed by atoms with Gasteiger partial charge in [0.15, 0.2) is 0 Å². The van der Waals surface area contributed by atoms with Crippen molar-refractivity contribution >= 4 is 17.6 Å². The number of nitrogens with one attached hydrogen (secondary N) is 1. The van der Waals surface area contributed by atoms with Gasteiger partial charge in [0.25, 0.3) is 11.8 Å². The van der Waals surface area contributed by atoms with Gasteiger partial charge in [-0.3, -0.25) is 14.5 Å². The van der Waals surface area contributed by atoms with Crippen LogP contribution in [0.15, 0.2) is 72.9 Å². The number of anilines is 1. The van der Waals surface area contributed by atoms with Gasteiger partial charge < -0.3 is 10.4 Å². The Kier molecular flexibility index (Phi) is 7.11. The van der Waals surface area contributed by atoms with Gasteiger partial charge >= 0.3 is 6.18 Å². The Morgan fingerprint density at radius 1 is 1.07 bits per heavy atom. The first-order chi connectivity index (χ1) is 19.1. The number of alkyl halides is 3. The van der Waals surface area contributed by atoms with Crippen molar-refractivity contribution in [2.45, 2.75) is 31.7 Å². The second-order valence-corrected chi connectivity index (χ2v) is 9.09. The molecule has 206 valence electrons. The average Bonchev–Trinajstić information content (AvgIpc) is 3.33. The molecule has 2 amide bonds. The van der Waals surface area contributed by atoms with E-state index in [2.05, 4.69) is 15.4 Å². The quantitative estimate of drug-likeness (QED) is 0.275. The van der Waals surface area contributed by atoms with Crippen molar-refractivity contribution in [1.82, 2.24) is 20.1 Å². The van der Waals surface area contributed by atoms with E-state index in [0.29, 0.717) is 28.7 Å². The van der Waals surface area contributed by atoms with E-state index in [1.54, 1.807) is 31.2 Å². The van der Waals surface area contributed by atoms with Gasteiger partial charge in [0.2, 0.25) is 5.95 Å². The lowest BCUT2D eigenvalue weighted by atomic mass is 9.81. The van der Waals surface area contributed by atoms with Crippen molar-refractivity contribution in [1.29, 1.82) is 0 Å². The largest absolute Gasteiger partial charge is 0.416 e. The Labute approximate surface area is 225 Å². The van der Waals surface area contributed by atoms with Gasteiger partial charge in [-0.1, -0.05) is 30.3 Å². The van der Waals surface area contributed by atoms with E-state index < -0.39 is 48.1 Å². The first-order valence-corrected chi connectivity index (χ1v) is 12.3. The summed E-state index contributed by atoms with van der Waals surface area (Å²) in [5.74, 6) is -2.89. The van der Waals surface area contributed by atoms with Gasteiger partial charge in [-0.15, -0.1) is 0 Å². The summed E-state index contributed by atoms with van der Waals surface area (Å²) in [7, 11) is 0. The maximum absolute atomic E-state index is 14.0. The third kappa shape index (κ3) is 4.81. The van der Waals surface area contributed by atoms with Crippen LogP contribution in [0.1, 0.15) is 45.6 Å². The number of carbonyl (C=O) groups is 2. The summed E-state index contributed by atoms with van der Waals surface area (Å²) in [6, 6.07) is 13.9. The molecule has 0 saturated carbocycles. The van der Waals surface area contributed by atoms with Crippen LogP contribution in [-0.2, 0) is 17.6 Å². The first-order valence-electron chi connectivity index (χ1n) is 12.3. The lowest BCUT2D eigenvalue weighted by Crippen LogP contribution is -2.55. The van der Waals surface area contributed by atoms with E-state index in [1.807, 2.05) is 6.07 Å². The van der Waals surface area contributed by atoms with Crippen molar-refractivity contribution in [3.8, 4) is 5.69 Å². The second-order valence-electron chi connectivity index (χ2n) is 9.09. The Morgan fingerprint density at radius 3 is 2.45 bits per heavy atom. The van der Waals surface area contributed by atoms with E-state index in [-0.39, 0.29) is 17.8 Å². The molecule has 2 N–H and O–H groups in total. The highest BCUT2D eigenvalue weighted by molar-refractivity contribution is 6.05. The van der Waals surface area contributed by atoms with Crippen molar-refractivity contribution in [3.05, 3.63) is 107 Å². The van der Waals surface area contributed by atoms with E-state index >= 15 is 0 Å². The molecule has 3 heterocycles. The van der Waals surface area contributed by atoms with Crippen LogP contribution in [0.3, 0.4) is 0 Å². The molecule has 40 heavy (non-hydrogen) atoms. The number of para-hydroxylation sites is 1. The van der Waals surface area contributed by atoms with Crippen LogP contribution < -0.4 is 10.2 Å². The molecule has 1 aliphatic rings. The number of fused-ring (bicyclic) bond motifs is 1. The molecular weight excluding hydrogens is 530 g/mol. The van der Waals surface area contributed by atoms with E-state index in [9.17, 15) is 32.3 Å². The predicted octanol–water partition coefficient (Wildman–Crippen LogP) is 4.21. The molecule has 1 unspecified atom stereocenters. The Hall–Kier alpha value is -4.58. The van der Waals surface area contributed by atoms with Crippen molar-refractivity contribution < 1.29 is 32.3 Å². The number of aliphatic hydroxyl groups is 1. The zero-order valence-electron chi connectivity index (χ0n) is 21.1. The SMILES string of the molecule is CCN1C(=O)C(NC(=O)c2cccc(C(F)(F)F)c2)[C@@H](c2ccc(F)nc2)c2c(CO)nn(-c3ccccc3)c21. The molecule has 2 aromatic heterocycles. The maximum atomic E-state index is 14.0. The summed E-state index contributed by atoms with van der Waals surface area (Å²) in [4.78, 5) is 32.3. The number of halogens is 4. The molecule has 0 spiro atoms. The highest BCUT2D eigenvalue weighted by Crippen LogP contribution is 2.43. The molecule has 2 aromatic carbocycles. The lowest BCUT2D eigenvalue weighted by Gasteiger charge is -2.38. The Balaban J connectivity index is 1.67. The van der Waals surface area contributed by atoms with E-state index in [1.165, 1.54) is 27.9 Å². The second kappa shape index (κ2) is 10.5. The van der Waals surface area contributed by atoms with Gasteiger partial charge in [-0.2, -0.15) is 22.7 Å². The average molecular weight is 554 g/mol. The number of pyridine rings is 1. The zero-order valence-corrected chi connectivity index (χ0v) is 21.1. The van der Waals surface area contributed by atoms with Crippen LogP contribution in [0, 0.1) is 5.95 Å². The van der Waals surface area contributed by atoms with Gasteiger partial charge in [-0.25, -0.2) is 9.67 Å². The maximum Gasteiger partial charge on any atom is 0.416 e. The molecule has 2 atom stereocenters. The Morgan fingerprint density at radius 2 is 1.82 bits per heavy atom. The topological polar surface area (TPSA) is 100 Å². The lowest BCUT2D eigenvalue weighted by molar-refractivity contribution is -0.137. The summed E-state index contributed by atoms with van der Waals surface area (Å²) < 4.78 is 55.2. The van der Waals surface area contributed by atoms with Crippen molar-refractivity contribution in [3.63, 3.8) is 0 Å². The van der Waals surface area contributed by atoms with Crippen LogP contribution in [0.2, 0.25) is 0 Å². The first kappa shape index (κ1) is 27.0. The standard InChI is InChI=1S/C28H23F4N5O3/c1-2-36-26-23(20(15-38)35-37(26)19-9-4-3-5-10-19)22(17-11-12-21(29)33-14-17)24(27(36)40)34-25(39)16-7-6-8-18(13-16)28(30,31)32/h3-14,22,24,38H,2,15H2,1H3,(H,34,39)/t22-,24?/m0/s1. The molecule has 0 radical (unpaired) electrons. The number of aliphatic hydroxyl groups excluding tert-OH is 1. The third-order valence-electron chi connectivity index (χ3n) is 6.72. The third-order valence-corrected chi connectivity index (χ3v) is 6.72. The number of hydrogen-bond donors (Lipinski definition) is 2. The van der Waals surface area contributed by atoms with Crippen LogP contribution in [0.4, 0.5) is 23.4 Å². The summed E-state index contributed by atoms with van der Waals surface area (Å²) in [6.45, 7) is 1.35. The number of aromatic nitrogens is 3. The summed E-state index contributed by atoms with van der Waals surface area (Å²) >= 11 is 0. The molecule has 0 saturated heterocycles.